The third-order valence-corrected chi connectivity index (χ3v) is 6.74. The van der Waals surface area contributed by atoms with E-state index in [9.17, 15) is 4.79 Å². The number of hydrogen-bond acceptors (Lipinski definition) is 7. The number of nitrogens with zero attached hydrogens (tertiary/aromatic N) is 2. The van der Waals surface area contributed by atoms with Crippen LogP contribution in [-0.4, -0.2) is 67.3 Å². The van der Waals surface area contributed by atoms with Gasteiger partial charge < -0.3 is 30.7 Å². The molecule has 2 heterocycles. The summed E-state index contributed by atoms with van der Waals surface area (Å²) in [6.07, 6.45) is 7.97. The van der Waals surface area contributed by atoms with Crippen molar-refractivity contribution in [2.75, 3.05) is 32.8 Å². The molecule has 0 bridgehead atoms. The van der Waals surface area contributed by atoms with Crippen LogP contribution >= 0.6 is 0 Å². The molecule has 2 aromatic carbocycles. The van der Waals surface area contributed by atoms with E-state index in [0.29, 0.717) is 54.1 Å². The molecular weight excluding hydrogens is 540 g/mol. The van der Waals surface area contributed by atoms with Crippen LogP contribution < -0.4 is 21.1 Å². The standard InChI is InChI=1S/C31H38N6O3.C3H8/c1-3-34-31(36-24-15-18-37(20-24)28(38)10-7-17-35-25-16-19-39-21-25)29(22(2)32)30(33)23-11-13-27(14-12-23)40-26-8-5-4-6-9-26;1-3-2/h3-14,24-25,33,35H,1,15-21,32H2,2H3,(H,34,36);3H2,1-2H3/b10-7+,29-22+,33-30?;. The van der Waals surface area contributed by atoms with Gasteiger partial charge in [-0.15, -0.1) is 0 Å². The van der Waals surface area contributed by atoms with Crippen LogP contribution in [0, 0.1) is 5.41 Å². The minimum absolute atomic E-state index is 0.0308. The van der Waals surface area contributed by atoms with E-state index < -0.39 is 0 Å². The van der Waals surface area contributed by atoms with Gasteiger partial charge in [-0.2, -0.15) is 0 Å². The van der Waals surface area contributed by atoms with Crippen LogP contribution in [0.5, 0.6) is 11.5 Å². The van der Waals surface area contributed by atoms with Crippen LogP contribution in [0.2, 0.25) is 0 Å². The van der Waals surface area contributed by atoms with Gasteiger partial charge >= 0.3 is 0 Å². The van der Waals surface area contributed by atoms with Crippen LogP contribution in [0.25, 0.3) is 0 Å². The van der Waals surface area contributed by atoms with Crippen molar-refractivity contribution in [3.8, 4) is 11.5 Å². The highest BCUT2D eigenvalue weighted by molar-refractivity contribution is 6.29. The fraction of sp³-hybridized carbons (Fsp3) is 0.382. The van der Waals surface area contributed by atoms with Crippen LogP contribution in [0.15, 0.2) is 95.8 Å². The number of rotatable bonds is 11. The van der Waals surface area contributed by atoms with Crippen molar-refractivity contribution < 1.29 is 14.3 Å². The Kier molecular flexibility index (Phi) is 13.7. The Morgan fingerprint density at radius 1 is 1.16 bits per heavy atom. The highest BCUT2D eigenvalue weighted by atomic mass is 16.5. The Bertz CT molecular complexity index is 1280. The Morgan fingerprint density at radius 2 is 1.86 bits per heavy atom. The average molecular weight is 587 g/mol. The summed E-state index contributed by atoms with van der Waals surface area (Å²) in [6.45, 7) is 13.0. The zero-order chi connectivity index (χ0) is 31.0. The number of nitrogens with two attached hydrogens (primary N) is 1. The van der Waals surface area contributed by atoms with E-state index in [2.05, 4.69) is 31.1 Å². The van der Waals surface area contributed by atoms with E-state index in [1.165, 1.54) is 12.6 Å². The van der Waals surface area contributed by atoms with Gasteiger partial charge in [-0.1, -0.05) is 51.1 Å². The summed E-state index contributed by atoms with van der Waals surface area (Å²) >= 11 is 0. The van der Waals surface area contributed by atoms with Crippen LogP contribution in [0.3, 0.4) is 0 Å². The number of carbonyl (C=O) groups is 1. The van der Waals surface area contributed by atoms with Gasteiger partial charge in [0.25, 0.3) is 0 Å². The van der Waals surface area contributed by atoms with Gasteiger partial charge in [0.05, 0.1) is 23.9 Å². The largest absolute Gasteiger partial charge is 0.457 e. The Morgan fingerprint density at radius 3 is 2.49 bits per heavy atom. The topological polar surface area (TPSA) is 125 Å². The number of aliphatic imine (C=N–C) groups is 1. The first kappa shape index (κ1) is 33.3. The summed E-state index contributed by atoms with van der Waals surface area (Å²) in [4.78, 5) is 19.4. The van der Waals surface area contributed by atoms with Crippen molar-refractivity contribution in [1.29, 1.82) is 5.41 Å². The monoisotopic (exact) mass is 586 g/mol. The van der Waals surface area contributed by atoms with Gasteiger partial charge in [-0.25, -0.2) is 0 Å². The average Bonchev–Trinajstić information content (AvgIpc) is 3.69. The molecule has 2 saturated heterocycles. The number of nitrogens with one attached hydrogen (secondary N) is 3. The number of carbonyl (C=O) groups excluding carboxylic acids is 1. The molecule has 2 aliphatic rings. The van der Waals surface area contributed by atoms with Crippen molar-refractivity contribution in [1.82, 2.24) is 15.5 Å². The third kappa shape index (κ3) is 10.5. The predicted octanol–water partition coefficient (Wildman–Crippen LogP) is 5.16. The lowest BCUT2D eigenvalue weighted by Gasteiger charge is -2.17. The van der Waals surface area contributed by atoms with Gasteiger partial charge in [-0.3, -0.25) is 15.2 Å². The summed E-state index contributed by atoms with van der Waals surface area (Å²) in [6, 6.07) is 17.1. The number of ether oxygens (including phenoxy) is 2. The molecule has 0 aliphatic carbocycles. The van der Waals surface area contributed by atoms with E-state index in [4.69, 9.17) is 25.6 Å². The first-order valence-corrected chi connectivity index (χ1v) is 15.0. The summed E-state index contributed by atoms with van der Waals surface area (Å²) in [5, 5.41) is 15.4. The van der Waals surface area contributed by atoms with E-state index in [1.807, 2.05) is 60.7 Å². The van der Waals surface area contributed by atoms with Gasteiger partial charge in [0.2, 0.25) is 5.91 Å². The fourth-order valence-electron chi connectivity index (χ4n) is 4.66. The van der Waals surface area contributed by atoms with Gasteiger partial charge in [0, 0.05) is 49.6 Å². The Balaban J connectivity index is 0.00000162. The van der Waals surface area contributed by atoms with Crippen molar-refractivity contribution in [2.24, 2.45) is 10.7 Å². The Labute approximate surface area is 256 Å². The van der Waals surface area contributed by atoms with Crippen LogP contribution in [0.4, 0.5) is 0 Å². The number of amidine groups is 1. The minimum Gasteiger partial charge on any atom is -0.457 e. The summed E-state index contributed by atoms with van der Waals surface area (Å²) in [5.74, 6) is 1.84. The van der Waals surface area contributed by atoms with Crippen molar-refractivity contribution in [2.45, 2.75) is 52.1 Å². The molecule has 1 amide bonds. The lowest BCUT2D eigenvalue weighted by atomic mass is 9.99. The van der Waals surface area contributed by atoms with Crippen molar-refractivity contribution in [3.63, 3.8) is 0 Å². The molecule has 4 rings (SSSR count). The van der Waals surface area contributed by atoms with E-state index >= 15 is 0 Å². The zero-order valence-electron chi connectivity index (χ0n) is 25.6. The second-order valence-electron chi connectivity index (χ2n) is 10.5. The molecule has 43 heavy (non-hydrogen) atoms. The van der Waals surface area contributed by atoms with E-state index in [1.54, 1.807) is 17.9 Å². The quantitative estimate of drug-likeness (QED) is 0.164. The second-order valence-corrected chi connectivity index (χ2v) is 10.5. The summed E-state index contributed by atoms with van der Waals surface area (Å²) in [7, 11) is 0. The first-order valence-electron chi connectivity index (χ1n) is 15.0. The normalized spacial score (nSPS) is 19.0. The van der Waals surface area contributed by atoms with Crippen LogP contribution in [0.1, 0.15) is 45.6 Å². The maximum Gasteiger partial charge on any atom is 0.246 e. The van der Waals surface area contributed by atoms with Crippen molar-refractivity contribution in [3.05, 3.63) is 96.4 Å². The molecule has 0 radical (unpaired) electrons. The molecule has 230 valence electrons. The fourth-order valence-corrected chi connectivity index (χ4v) is 4.66. The summed E-state index contributed by atoms with van der Waals surface area (Å²) in [5.41, 5.74) is 8.12. The third-order valence-electron chi connectivity index (χ3n) is 6.74. The maximum absolute atomic E-state index is 12.7. The molecule has 0 saturated carbocycles. The molecule has 2 aliphatic heterocycles. The molecule has 5 N–H and O–H groups in total. The molecule has 2 aromatic rings. The second kappa shape index (κ2) is 17.7. The van der Waals surface area contributed by atoms with E-state index in [-0.39, 0.29) is 17.7 Å². The molecule has 9 nitrogen and oxygen atoms in total. The number of amides is 1. The number of hydrogen-bond donors (Lipinski definition) is 4. The lowest BCUT2D eigenvalue weighted by molar-refractivity contribution is -0.125. The van der Waals surface area contributed by atoms with Gasteiger partial charge in [0.1, 0.15) is 17.3 Å². The molecular formula is C34H46N6O3. The minimum atomic E-state index is -0.127. The molecule has 2 atom stereocenters. The highest BCUT2D eigenvalue weighted by Gasteiger charge is 2.26. The zero-order valence-corrected chi connectivity index (χ0v) is 25.6. The molecule has 2 fully saturated rings. The molecule has 0 aromatic heterocycles. The Hall–Kier alpha value is -4.21. The number of benzene rings is 2. The number of allylic oxidation sites excluding steroid dienone is 1. The lowest BCUT2D eigenvalue weighted by Crippen LogP contribution is -2.31. The first-order chi connectivity index (χ1) is 20.9. The van der Waals surface area contributed by atoms with Crippen LogP contribution in [-0.2, 0) is 9.53 Å². The smallest absolute Gasteiger partial charge is 0.246 e. The predicted molar refractivity (Wildman–Crippen MR) is 175 cm³/mol. The van der Waals surface area contributed by atoms with Crippen molar-refractivity contribution >= 4 is 17.5 Å². The summed E-state index contributed by atoms with van der Waals surface area (Å²) < 4.78 is 11.2. The number of likely N-dealkylation sites (tertiary alicyclic amines) is 1. The SMILES string of the molecule is C=CNC(=NC1CCN(C(=O)/C=C/CNC2CCOC2)C1)/C(C(=N)c1ccc(Oc2ccccc2)cc1)=C(\C)N.CCC. The number of para-hydroxylation sites is 1. The van der Waals surface area contributed by atoms with Gasteiger partial charge in [-0.05, 0) is 62.4 Å². The van der Waals surface area contributed by atoms with E-state index in [0.717, 1.165) is 31.8 Å². The molecule has 2 unspecified atom stereocenters. The van der Waals surface area contributed by atoms with Gasteiger partial charge in [0.15, 0.2) is 0 Å². The highest BCUT2D eigenvalue weighted by Crippen LogP contribution is 2.23. The molecule has 0 spiro atoms. The molecule has 9 heteroatoms. The maximum atomic E-state index is 12.7.